The second-order valence-electron chi connectivity index (χ2n) is 6.83. The third kappa shape index (κ3) is 7.81. The SMILES string of the molecule is CC(=O)OCC1O[C@@H](C(C)C)C(NC(=O)C(Cl)(Cl)Cl)C(OC(C)=O)[C@@H]1OC(C)=O. The molecule has 0 aromatic heterocycles. The Kier molecular flexibility index (Phi) is 9.46. The van der Waals surface area contributed by atoms with Crippen LogP contribution in [-0.2, 0) is 38.1 Å². The Morgan fingerprint density at radius 3 is 1.90 bits per heavy atom. The van der Waals surface area contributed by atoms with Gasteiger partial charge in [-0.25, -0.2) is 0 Å². The third-order valence-corrected chi connectivity index (χ3v) is 4.51. The van der Waals surface area contributed by atoms with E-state index >= 15 is 0 Å². The summed E-state index contributed by atoms with van der Waals surface area (Å²) in [5.41, 5.74) is 0. The number of hydrogen-bond donors (Lipinski definition) is 1. The monoisotopic (exact) mass is 475 g/mol. The highest BCUT2D eigenvalue weighted by molar-refractivity contribution is 6.76. The van der Waals surface area contributed by atoms with Crippen LogP contribution in [0.4, 0.5) is 0 Å². The fourth-order valence-electron chi connectivity index (χ4n) is 2.94. The molecule has 0 bridgehead atoms. The molecule has 166 valence electrons. The van der Waals surface area contributed by atoms with Gasteiger partial charge in [0.15, 0.2) is 12.2 Å². The van der Waals surface area contributed by atoms with Crippen LogP contribution in [0, 0.1) is 5.92 Å². The van der Waals surface area contributed by atoms with Crippen LogP contribution in [0.1, 0.15) is 34.6 Å². The van der Waals surface area contributed by atoms with Crippen LogP contribution < -0.4 is 5.32 Å². The van der Waals surface area contributed by atoms with E-state index in [1.807, 2.05) is 0 Å². The number of carbonyl (C=O) groups excluding carboxylic acids is 4. The maximum absolute atomic E-state index is 12.3. The Bertz CT molecular complexity index is 637. The molecule has 1 heterocycles. The summed E-state index contributed by atoms with van der Waals surface area (Å²) >= 11 is 16.9. The summed E-state index contributed by atoms with van der Waals surface area (Å²) in [7, 11) is 0. The third-order valence-electron chi connectivity index (χ3n) is 4.00. The zero-order valence-corrected chi connectivity index (χ0v) is 18.8. The number of carbonyl (C=O) groups is 4. The molecule has 0 aromatic carbocycles. The Morgan fingerprint density at radius 2 is 1.48 bits per heavy atom. The van der Waals surface area contributed by atoms with Gasteiger partial charge in [-0.3, -0.25) is 19.2 Å². The average Bonchev–Trinajstić information content (AvgIpc) is 2.54. The second kappa shape index (κ2) is 10.7. The molecule has 1 aliphatic heterocycles. The number of nitrogens with one attached hydrogen (secondary N) is 1. The lowest BCUT2D eigenvalue weighted by Crippen LogP contribution is -2.68. The average molecular weight is 477 g/mol. The fraction of sp³-hybridized carbons (Fsp3) is 0.765. The van der Waals surface area contributed by atoms with E-state index in [2.05, 4.69) is 5.32 Å². The minimum Gasteiger partial charge on any atom is -0.463 e. The highest BCUT2D eigenvalue weighted by Crippen LogP contribution is 2.32. The van der Waals surface area contributed by atoms with Gasteiger partial charge in [0, 0.05) is 20.8 Å². The van der Waals surface area contributed by atoms with E-state index < -0.39 is 58.1 Å². The summed E-state index contributed by atoms with van der Waals surface area (Å²) in [5.74, 6) is -3.16. The van der Waals surface area contributed by atoms with E-state index in [-0.39, 0.29) is 12.5 Å². The van der Waals surface area contributed by atoms with Crippen LogP contribution in [-0.4, -0.2) is 64.7 Å². The van der Waals surface area contributed by atoms with E-state index in [0.717, 1.165) is 13.8 Å². The maximum atomic E-state index is 12.3. The molecule has 0 radical (unpaired) electrons. The molecule has 1 saturated heterocycles. The number of ether oxygens (including phenoxy) is 4. The van der Waals surface area contributed by atoms with E-state index in [1.165, 1.54) is 6.92 Å². The number of rotatable bonds is 6. The molecule has 1 rings (SSSR count). The van der Waals surface area contributed by atoms with Gasteiger partial charge in [0.1, 0.15) is 12.7 Å². The Balaban J connectivity index is 3.36. The van der Waals surface area contributed by atoms with E-state index in [4.69, 9.17) is 53.8 Å². The molecule has 1 fully saturated rings. The highest BCUT2D eigenvalue weighted by atomic mass is 35.6. The zero-order valence-electron chi connectivity index (χ0n) is 16.6. The maximum Gasteiger partial charge on any atom is 0.303 e. The van der Waals surface area contributed by atoms with Gasteiger partial charge in [0.05, 0.1) is 12.1 Å². The van der Waals surface area contributed by atoms with Crippen LogP contribution in [0.2, 0.25) is 0 Å². The summed E-state index contributed by atoms with van der Waals surface area (Å²) in [5, 5.41) is 2.50. The van der Waals surface area contributed by atoms with Crippen LogP contribution >= 0.6 is 34.8 Å². The minimum atomic E-state index is -2.28. The number of hydrogen-bond acceptors (Lipinski definition) is 8. The minimum absolute atomic E-state index is 0.216. The Hall–Kier alpha value is -1.29. The van der Waals surface area contributed by atoms with Crippen LogP contribution in [0.25, 0.3) is 0 Å². The van der Waals surface area contributed by atoms with Gasteiger partial charge in [-0.1, -0.05) is 48.7 Å². The predicted octanol–water partition coefficient (Wildman–Crippen LogP) is 1.69. The first-order chi connectivity index (χ1) is 13.2. The Morgan fingerprint density at radius 1 is 0.966 bits per heavy atom. The summed E-state index contributed by atoms with van der Waals surface area (Å²) < 4.78 is 19.3. The van der Waals surface area contributed by atoms with Crippen LogP contribution in [0.3, 0.4) is 0 Å². The van der Waals surface area contributed by atoms with Gasteiger partial charge in [0.25, 0.3) is 9.70 Å². The molecule has 1 amide bonds. The van der Waals surface area contributed by atoms with Crippen molar-refractivity contribution in [2.45, 2.75) is 68.9 Å². The molecular formula is C17H24Cl3NO8. The largest absolute Gasteiger partial charge is 0.463 e. The van der Waals surface area contributed by atoms with Crippen LogP contribution in [0.15, 0.2) is 0 Å². The summed E-state index contributed by atoms with van der Waals surface area (Å²) in [4.78, 5) is 46.9. The molecule has 0 saturated carbocycles. The molecule has 1 N–H and O–H groups in total. The lowest BCUT2D eigenvalue weighted by Gasteiger charge is -2.47. The smallest absolute Gasteiger partial charge is 0.303 e. The molecule has 9 nitrogen and oxygen atoms in total. The van der Waals surface area contributed by atoms with Crippen molar-refractivity contribution < 1.29 is 38.1 Å². The Labute approximate surface area is 183 Å². The van der Waals surface area contributed by atoms with Gasteiger partial charge >= 0.3 is 17.9 Å². The molecule has 0 aliphatic carbocycles. The van der Waals surface area contributed by atoms with E-state index in [0.29, 0.717) is 0 Å². The number of esters is 3. The molecule has 1 aliphatic rings. The van der Waals surface area contributed by atoms with Crippen molar-refractivity contribution in [2.75, 3.05) is 6.61 Å². The summed E-state index contributed by atoms with van der Waals surface area (Å²) in [6.07, 6.45) is -4.08. The van der Waals surface area contributed by atoms with E-state index in [1.54, 1.807) is 13.8 Å². The van der Waals surface area contributed by atoms with Crippen molar-refractivity contribution in [3.05, 3.63) is 0 Å². The van der Waals surface area contributed by atoms with Crippen LogP contribution in [0.5, 0.6) is 0 Å². The molecular weight excluding hydrogens is 453 g/mol. The lowest BCUT2D eigenvalue weighted by atomic mass is 9.87. The molecule has 0 spiro atoms. The lowest BCUT2D eigenvalue weighted by molar-refractivity contribution is -0.229. The molecule has 5 atom stereocenters. The standard InChI is InChI=1S/C17H24Cl3NO8/c1-7(2)13-12(21-16(25)17(18,19)20)15(28-10(5)24)14(27-9(4)23)11(29-13)6-26-8(3)22/h7,11-15H,6H2,1-5H3,(H,21,25)/t11?,12?,13-,14+,15?/m0/s1. The highest BCUT2D eigenvalue weighted by Gasteiger charge is 2.52. The van der Waals surface area contributed by atoms with Gasteiger partial charge in [-0.2, -0.15) is 0 Å². The summed E-state index contributed by atoms with van der Waals surface area (Å²) in [6, 6.07) is -1.01. The topological polar surface area (TPSA) is 117 Å². The predicted molar refractivity (Wildman–Crippen MR) is 103 cm³/mol. The first kappa shape index (κ1) is 25.7. The number of alkyl halides is 3. The van der Waals surface area contributed by atoms with Crippen molar-refractivity contribution in [1.29, 1.82) is 0 Å². The summed E-state index contributed by atoms with van der Waals surface area (Å²) in [6.45, 7) is 6.82. The number of halogens is 3. The number of amides is 1. The quantitative estimate of drug-likeness (QED) is 0.350. The molecule has 0 aromatic rings. The van der Waals surface area contributed by atoms with Gasteiger partial charge in [-0.05, 0) is 5.92 Å². The molecule has 12 heteroatoms. The first-order valence-corrected chi connectivity index (χ1v) is 9.88. The van der Waals surface area contributed by atoms with Crippen molar-refractivity contribution in [3.63, 3.8) is 0 Å². The molecule has 3 unspecified atom stereocenters. The first-order valence-electron chi connectivity index (χ1n) is 8.75. The van der Waals surface area contributed by atoms with Crippen molar-refractivity contribution >= 4 is 58.6 Å². The normalized spacial score (nSPS) is 27.1. The van der Waals surface area contributed by atoms with Crippen molar-refractivity contribution in [3.8, 4) is 0 Å². The van der Waals surface area contributed by atoms with Gasteiger partial charge < -0.3 is 24.3 Å². The fourth-order valence-corrected chi connectivity index (χ4v) is 3.10. The van der Waals surface area contributed by atoms with E-state index in [9.17, 15) is 19.2 Å². The van der Waals surface area contributed by atoms with Crippen molar-refractivity contribution in [2.24, 2.45) is 5.92 Å². The van der Waals surface area contributed by atoms with Crippen molar-refractivity contribution in [1.82, 2.24) is 5.32 Å². The van der Waals surface area contributed by atoms with Gasteiger partial charge in [0.2, 0.25) is 0 Å². The molecule has 29 heavy (non-hydrogen) atoms. The zero-order chi connectivity index (χ0) is 22.5. The van der Waals surface area contributed by atoms with Gasteiger partial charge in [-0.15, -0.1) is 0 Å². The second-order valence-corrected chi connectivity index (χ2v) is 9.11.